The maximum absolute atomic E-state index is 9.57. The van der Waals surface area contributed by atoms with Crippen LogP contribution in [0.2, 0.25) is 0 Å². The highest BCUT2D eigenvalue weighted by Gasteiger charge is 2.19. The molecule has 2 N–H and O–H groups in total. The number of rotatable bonds is 11. The first-order valence-electron chi connectivity index (χ1n) is 7.32. The Morgan fingerprint density at radius 2 is 1.89 bits per heavy atom. The van der Waals surface area contributed by atoms with Crippen LogP contribution < -0.4 is 5.32 Å². The summed E-state index contributed by atoms with van der Waals surface area (Å²) in [6, 6.07) is 0. The molecule has 108 valence electrons. The standard InChI is InChI=1S/C13H28NO3P/c1-2-3-4-5-6-7-8-11-16-18(15)17-13-9-10-14-12-13/h13-15H,2-12H2,1H3. The molecule has 0 aliphatic carbocycles. The van der Waals surface area contributed by atoms with Gasteiger partial charge in [0, 0.05) is 6.54 Å². The summed E-state index contributed by atoms with van der Waals surface area (Å²) in [5.74, 6) is 0. The van der Waals surface area contributed by atoms with Crippen LogP contribution in [-0.4, -0.2) is 30.7 Å². The van der Waals surface area contributed by atoms with Crippen molar-refractivity contribution in [3.05, 3.63) is 0 Å². The SMILES string of the molecule is CCCCCCCCCOP(O)OC1CCNC1. The Balaban J connectivity index is 1.81. The van der Waals surface area contributed by atoms with Crippen molar-refractivity contribution < 1.29 is 13.9 Å². The lowest BCUT2D eigenvalue weighted by Crippen LogP contribution is -2.15. The normalized spacial score (nSPS) is 21.3. The van der Waals surface area contributed by atoms with Crippen LogP contribution in [0.4, 0.5) is 0 Å². The molecule has 5 heteroatoms. The Morgan fingerprint density at radius 3 is 2.56 bits per heavy atom. The topological polar surface area (TPSA) is 50.7 Å². The molecule has 0 aromatic heterocycles. The molecule has 0 spiro atoms. The van der Waals surface area contributed by atoms with Crippen molar-refractivity contribution in [3.63, 3.8) is 0 Å². The van der Waals surface area contributed by atoms with Gasteiger partial charge in [0.25, 0.3) is 0 Å². The number of nitrogens with one attached hydrogen (secondary N) is 1. The number of hydrogen-bond acceptors (Lipinski definition) is 4. The van der Waals surface area contributed by atoms with E-state index in [2.05, 4.69) is 12.2 Å². The maximum Gasteiger partial charge on any atom is 0.330 e. The molecule has 0 aromatic carbocycles. The molecule has 1 saturated heterocycles. The lowest BCUT2D eigenvalue weighted by Gasteiger charge is -2.14. The summed E-state index contributed by atoms with van der Waals surface area (Å²) in [5, 5.41) is 3.20. The lowest BCUT2D eigenvalue weighted by atomic mass is 10.1. The van der Waals surface area contributed by atoms with Gasteiger partial charge in [0.15, 0.2) is 0 Å². The number of hydrogen-bond donors (Lipinski definition) is 2. The first kappa shape index (κ1) is 16.3. The van der Waals surface area contributed by atoms with Crippen molar-refractivity contribution in [2.45, 2.75) is 64.4 Å². The zero-order chi connectivity index (χ0) is 13.1. The lowest BCUT2D eigenvalue weighted by molar-refractivity contribution is 0.153. The average molecular weight is 277 g/mol. The summed E-state index contributed by atoms with van der Waals surface area (Å²) in [6.45, 7) is 4.67. The zero-order valence-electron chi connectivity index (χ0n) is 11.6. The van der Waals surface area contributed by atoms with Crippen LogP contribution in [0.5, 0.6) is 0 Å². The second-order valence-electron chi connectivity index (χ2n) is 4.91. The van der Waals surface area contributed by atoms with Gasteiger partial charge in [0.1, 0.15) is 0 Å². The van der Waals surface area contributed by atoms with Crippen molar-refractivity contribution in [2.24, 2.45) is 0 Å². The van der Waals surface area contributed by atoms with E-state index in [1.54, 1.807) is 0 Å². The van der Waals surface area contributed by atoms with Crippen LogP contribution in [0.15, 0.2) is 0 Å². The monoisotopic (exact) mass is 277 g/mol. The van der Waals surface area contributed by atoms with Crippen LogP contribution in [0, 0.1) is 0 Å². The maximum atomic E-state index is 9.57. The molecular formula is C13H28NO3P. The van der Waals surface area contributed by atoms with Gasteiger partial charge < -0.3 is 19.3 Å². The van der Waals surface area contributed by atoms with Gasteiger partial charge in [-0.05, 0) is 19.4 Å². The minimum Gasteiger partial charge on any atom is -0.328 e. The van der Waals surface area contributed by atoms with Crippen molar-refractivity contribution in [2.75, 3.05) is 19.7 Å². The van der Waals surface area contributed by atoms with Gasteiger partial charge in [-0.2, -0.15) is 0 Å². The predicted octanol–water partition coefficient (Wildman–Crippen LogP) is 3.35. The molecule has 0 amide bonds. The minimum atomic E-state index is -1.66. The summed E-state index contributed by atoms with van der Waals surface area (Å²) in [6.07, 6.45) is 9.92. The third-order valence-corrected chi connectivity index (χ3v) is 4.09. The van der Waals surface area contributed by atoms with Gasteiger partial charge in [-0.3, -0.25) is 0 Å². The molecule has 1 heterocycles. The Labute approximate surface area is 112 Å². The summed E-state index contributed by atoms with van der Waals surface area (Å²) < 4.78 is 10.7. The fraction of sp³-hybridized carbons (Fsp3) is 1.00. The van der Waals surface area contributed by atoms with E-state index in [-0.39, 0.29) is 6.10 Å². The zero-order valence-corrected chi connectivity index (χ0v) is 12.5. The van der Waals surface area contributed by atoms with E-state index in [0.29, 0.717) is 6.61 Å². The van der Waals surface area contributed by atoms with Crippen molar-refractivity contribution in [3.8, 4) is 0 Å². The van der Waals surface area contributed by atoms with Gasteiger partial charge in [-0.1, -0.05) is 45.4 Å². The van der Waals surface area contributed by atoms with Gasteiger partial charge in [0.2, 0.25) is 0 Å². The third-order valence-electron chi connectivity index (χ3n) is 3.20. The Kier molecular flexibility index (Phi) is 10.1. The fourth-order valence-corrected chi connectivity index (χ4v) is 2.86. The summed E-state index contributed by atoms with van der Waals surface area (Å²) in [7, 11) is -1.66. The van der Waals surface area contributed by atoms with Crippen molar-refractivity contribution >= 4 is 8.60 Å². The molecule has 1 aliphatic rings. The summed E-state index contributed by atoms with van der Waals surface area (Å²) in [4.78, 5) is 9.57. The Morgan fingerprint density at radius 1 is 1.17 bits per heavy atom. The molecule has 1 aliphatic heterocycles. The first-order chi connectivity index (χ1) is 8.83. The van der Waals surface area contributed by atoms with Crippen LogP contribution in [0.1, 0.15) is 58.3 Å². The second-order valence-corrected chi connectivity index (χ2v) is 5.86. The minimum absolute atomic E-state index is 0.134. The molecule has 2 unspecified atom stereocenters. The van der Waals surface area contributed by atoms with Gasteiger partial charge in [-0.15, -0.1) is 0 Å². The van der Waals surface area contributed by atoms with Crippen LogP contribution in [-0.2, 0) is 9.05 Å². The van der Waals surface area contributed by atoms with Crippen LogP contribution in [0.3, 0.4) is 0 Å². The van der Waals surface area contributed by atoms with Crippen molar-refractivity contribution in [1.29, 1.82) is 0 Å². The molecule has 0 saturated carbocycles. The summed E-state index contributed by atoms with van der Waals surface area (Å²) >= 11 is 0. The molecule has 4 nitrogen and oxygen atoms in total. The van der Waals surface area contributed by atoms with Gasteiger partial charge in [0.05, 0.1) is 12.7 Å². The predicted molar refractivity (Wildman–Crippen MR) is 75.4 cm³/mol. The quantitative estimate of drug-likeness (QED) is 0.449. The smallest absolute Gasteiger partial charge is 0.328 e. The fourth-order valence-electron chi connectivity index (χ4n) is 2.08. The molecule has 0 bridgehead atoms. The first-order valence-corrected chi connectivity index (χ1v) is 8.45. The average Bonchev–Trinajstić information content (AvgIpc) is 2.85. The van der Waals surface area contributed by atoms with E-state index in [1.165, 1.54) is 38.5 Å². The highest BCUT2D eigenvalue weighted by Crippen LogP contribution is 2.35. The highest BCUT2D eigenvalue weighted by atomic mass is 31.2. The highest BCUT2D eigenvalue weighted by molar-refractivity contribution is 7.40. The largest absolute Gasteiger partial charge is 0.330 e. The molecular weight excluding hydrogens is 249 g/mol. The van der Waals surface area contributed by atoms with Crippen molar-refractivity contribution in [1.82, 2.24) is 5.32 Å². The Hall–Kier alpha value is 0.270. The molecule has 1 fully saturated rings. The van der Waals surface area contributed by atoms with Crippen LogP contribution in [0.25, 0.3) is 0 Å². The third kappa shape index (κ3) is 8.39. The summed E-state index contributed by atoms with van der Waals surface area (Å²) in [5.41, 5.74) is 0. The van der Waals surface area contributed by atoms with E-state index in [0.717, 1.165) is 25.9 Å². The molecule has 1 rings (SSSR count). The van der Waals surface area contributed by atoms with E-state index >= 15 is 0 Å². The van der Waals surface area contributed by atoms with Gasteiger partial charge >= 0.3 is 8.60 Å². The molecule has 2 atom stereocenters. The molecule has 0 radical (unpaired) electrons. The molecule has 18 heavy (non-hydrogen) atoms. The number of unbranched alkanes of at least 4 members (excludes halogenated alkanes) is 6. The van der Waals surface area contributed by atoms with Gasteiger partial charge in [-0.25, -0.2) is 0 Å². The molecule has 0 aromatic rings. The van der Waals surface area contributed by atoms with E-state index in [4.69, 9.17) is 9.05 Å². The van der Waals surface area contributed by atoms with E-state index < -0.39 is 8.60 Å². The van der Waals surface area contributed by atoms with E-state index in [1.807, 2.05) is 0 Å². The van der Waals surface area contributed by atoms with E-state index in [9.17, 15) is 4.89 Å². The van der Waals surface area contributed by atoms with Crippen LogP contribution >= 0.6 is 8.60 Å². The Bertz CT molecular complexity index is 189. The second kappa shape index (κ2) is 11.1.